The first-order valence-corrected chi connectivity index (χ1v) is 6.07. The van der Waals surface area contributed by atoms with Crippen molar-refractivity contribution in [1.82, 2.24) is 0 Å². The molecule has 0 spiro atoms. The van der Waals surface area contributed by atoms with E-state index in [1.165, 1.54) is 0 Å². The molecule has 0 saturated carbocycles. The third-order valence-corrected chi connectivity index (χ3v) is 3.15. The number of aryl methyl sites for hydroxylation is 1. The van der Waals surface area contributed by atoms with Crippen LogP contribution >= 0.6 is 0 Å². The molecular weight excluding hydrogens is 236 g/mol. The monoisotopic (exact) mass is 252 g/mol. The summed E-state index contributed by atoms with van der Waals surface area (Å²) in [5.74, 6) is 0.766. The molecule has 19 heavy (non-hydrogen) atoms. The molecule has 0 aromatic heterocycles. The summed E-state index contributed by atoms with van der Waals surface area (Å²) in [5, 5.41) is 9.02. The highest BCUT2D eigenvalue weighted by molar-refractivity contribution is 5.75. The van der Waals surface area contributed by atoms with Crippen molar-refractivity contribution in [3.8, 4) is 22.9 Å². The zero-order valence-electron chi connectivity index (χ0n) is 11.1. The Morgan fingerprint density at radius 1 is 1.16 bits per heavy atom. The van der Waals surface area contributed by atoms with E-state index in [-0.39, 0.29) is 0 Å². The van der Waals surface area contributed by atoms with Crippen molar-refractivity contribution in [2.75, 3.05) is 7.11 Å². The molecule has 0 amide bonds. The van der Waals surface area contributed by atoms with Gasteiger partial charge >= 0.3 is 0 Å². The van der Waals surface area contributed by atoms with Gasteiger partial charge in [-0.15, -0.1) is 0 Å². The fraction of sp³-hybridized carbons (Fsp3) is 0.188. The number of nitriles is 1. The largest absolute Gasteiger partial charge is 0.496 e. The van der Waals surface area contributed by atoms with Gasteiger partial charge in [0.25, 0.3) is 0 Å². The fourth-order valence-corrected chi connectivity index (χ4v) is 2.14. The lowest BCUT2D eigenvalue weighted by atomic mass is 9.96. The molecule has 3 nitrogen and oxygen atoms in total. The zero-order valence-corrected chi connectivity index (χ0v) is 11.1. The molecule has 0 aliphatic rings. The minimum Gasteiger partial charge on any atom is -0.496 e. The standard InChI is InChI=1S/C16H16N2O/c1-11-7-12(9-17)3-5-14(11)15-8-13(10-18)4-6-16(15)19-2/h3-8H,9,17H2,1-2H3. The Morgan fingerprint density at radius 2 is 1.95 bits per heavy atom. The van der Waals surface area contributed by atoms with Crippen molar-refractivity contribution in [1.29, 1.82) is 5.26 Å². The number of hydrogen-bond donors (Lipinski definition) is 1. The van der Waals surface area contributed by atoms with Crippen LogP contribution in [0.25, 0.3) is 11.1 Å². The van der Waals surface area contributed by atoms with Gasteiger partial charge in [-0.2, -0.15) is 5.26 Å². The van der Waals surface area contributed by atoms with Gasteiger partial charge in [-0.1, -0.05) is 18.2 Å². The molecule has 2 N–H and O–H groups in total. The highest BCUT2D eigenvalue weighted by atomic mass is 16.5. The summed E-state index contributed by atoms with van der Waals surface area (Å²) in [7, 11) is 1.63. The highest BCUT2D eigenvalue weighted by Gasteiger charge is 2.10. The quantitative estimate of drug-likeness (QED) is 0.913. The Balaban J connectivity index is 2.60. The van der Waals surface area contributed by atoms with Gasteiger partial charge in [0.2, 0.25) is 0 Å². The first-order valence-electron chi connectivity index (χ1n) is 6.07. The van der Waals surface area contributed by atoms with Crippen LogP contribution in [0.1, 0.15) is 16.7 Å². The molecular formula is C16H16N2O. The molecule has 0 aliphatic carbocycles. The van der Waals surface area contributed by atoms with Crippen molar-refractivity contribution >= 4 is 0 Å². The Labute approximate surface area is 113 Å². The molecule has 2 rings (SSSR count). The average Bonchev–Trinajstić information content (AvgIpc) is 2.46. The van der Waals surface area contributed by atoms with E-state index in [1.807, 2.05) is 31.2 Å². The molecule has 0 bridgehead atoms. The lowest BCUT2D eigenvalue weighted by Crippen LogP contribution is -1.97. The van der Waals surface area contributed by atoms with E-state index in [1.54, 1.807) is 13.2 Å². The third-order valence-electron chi connectivity index (χ3n) is 3.15. The van der Waals surface area contributed by atoms with Crippen molar-refractivity contribution in [2.45, 2.75) is 13.5 Å². The van der Waals surface area contributed by atoms with Gasteiger partial charge in [0.15, 0.2) is 0 Å². The lowest BCUT2D eigenvalue weighted by Gasteiger charge is -2.12. The van der Waals surface area contributed by atoms with Crippen molar-refractivity contribution in [3.05, 3.63) is 53.1 Å². The van der Waals surface area contributed by atoms with Crippen LogP contribution in [0.5, 0.6) is 5.75 Å². The van der Waals surface area contributed by atoms with Crippen LogP contribution in [0.3, 0.4) is 0 Å². The normalized spacial score (nSPS) is 10.0. The average molecular weight is 252 g/mol. The Kier molecular flexibility index (Phi) is 3.84. The molecule has 2 aromatic rings. The topological polar surface area (TPSA) is 59.0 Å². The molecule has 3 heteroatoms. The summed E-state index contributed by atoms with van der Waals surface area (Å²) in [6.07, 6.45) is 0. The minimum atomic E-state index is 0.524. The summed E-state index contributed by atoms with van der Waals surface area (Å²) in [6.45, 7) is 2.56. The summed E-state index contributed by atoms with van der Waals surface area (Å²) in [4.78, 5) is 0. The smallest absolute Gasteiger partial charge is 0.126 e. The van der Waals surface area contributed by atoms with E-state index < -0.39 is 0 Å². The van der Waals surface area contributed by atoms with Crippen molar-refractivity contribution in [2.24, 2.45) is 5.73 Å². The number of benzene rings is 2. The summed E-state index contributed by atoms with van der Waals surface area (Å²) >= 11 is 0. The molecule has 0 atom stereocenters. The third kappa shape index (κ3) is 2.59. The zero-order chi connectivity index (χ0) is 13.8. The minimum absolute atomic E-state index is 0.524. The summed E-state index contributed by atoms with van der Waals surface area (Å²) < 4.78 is 5.38. The molecule has 0 radical (unpaired) electrons. The van der Waals surface area contributed by atoms with Crippen LogP contribution in [0.4, 0.5) is 0 Å². The molecule has 0 aliphatic heterocycles. The number of hydrogen-bond acceptors (Lipinski definition) is 3. The second-order valence-electron chi connectivity index (χ2n) is 4.38. The van der Waals surface area contributed by atoms with E-state index in [0.29, 0.717) is 12.1 Å². The second kappa shape index (κ2) is 5.55. The maximum absolute atomic E-state index is 9.02. The van der Waals surface area contributed by atoms with Crippen LogP contribution in [0.2, 0.25) is 0 Å². The molecule has 0 heterocycles. The van der Waals surface area contributed by atoms with Gasteiger partial charge in [0, 0.05) is 12.1 Å². The van der Waals surface area contributed by atoms with Gasteiger partial charge in [-0.05, 0) is 41.8 Å². The maximum atomic E-state index is 9.02. The number of nitrogens with two attached hydrogens (primary N) is 1. The molecule has 2 aromatic carbocycles. The first kappa shape index (κ1) is 13.1. The van der Waals surface area contributed by atoms with Gasteiger partial charge in [-0.3, -0.25) is 0 Å². The van der Waals surface area contributed by atoms with E-state index in [4.69, 9.17) is 15.7 Å². The number of nitrogens with zero attached hydrogens (tertiary/aromatic N) is 1. The number of rotatable bonds is 3. The van der Waals surface area contributed by atoms with E-state index in [0.717, 1.165) is 28.0 Å². The predicted molar refractivity (Wildman–Crippen MR) is 75.8 cm³/mol. The van der Waals surface area contributed by atoms with Crippen LogP contribution in [0.15, 0.2) is 36.4 Å². The van der Waals surface area contributed by atoms with Crippen LogP contribution < -0.4 is 10.5 Å². The van der Waals surface area contributed by atoms with Crippen LogP contribution in [0, 0.1) is 18.3 Å². The Bertz CT molecular complexity index is 642. The van der Waals surface area contributed by atoms with E-state index >= 15 is 0 Å². The second-order valence-corrected chi connectivity index (χ2v) is 4.38. The van der Waals surface area contributed by atoms with E-state index in [2.05, 4.69) is 12.1 Å². The molecule has 96 valence electrons. The molecule has 0 fully saturated rings. The first-order chi connectivity index (χ1) is 9.19. The van der Waals surface area contributed by atoms with Gasteiger partial charge in [0.1, 0.15) is 5.75 Å². The number of ether oxygens (including phenoxy) is 1. The van der Waals surface area contributed by atoms with Gasteiger partial charge in [-0.25, -0.2) is 0 Å². The SMILES string of the molecule is COc1ccc(C#N)cc1-c1ccc(CN)cc1C. The molecule has 0 saturated heterocycles. The van der Waals surface area contributed by atoms with Crippen molar-refractivity contribution < 1.29 is 4.74 Å². The predicted octanol–water partition coefficient (Wildman–Crippen LogP) is 3.00. The van der Waals surface area contributed by atoms with Crippen LogP contribution in [-0.4, -0.2) is 7.11 Å². The Morgan fingerprint density at radius 3 is 2.53 bits per heavy atom. The lowest BCUT2D eigenvalue weighted by molar-refractivity contribution is 0.416. The van der Waals surface area contributed by atoms with Gasteiger partial charge in [0.05, 0.1) is 18.7 Å². The van der Waals surface area contributed by atoms with Crippen molar-refractivity contribution in [3.63, 3.8) is 0 Å². The highest BCUT2D eigenvalue weighted by Crippen LogP contribution is 2.33. The summed E-state index contributed by atoms with van der Waals surface area (Å²) in [5.41, 5.74) is 10.5. The Hall–Kier alpha value is -2.31. The van der Waals surface area contributed by atoms with Gasteiger partial charge < -0.3 is 10.5 Å². The van der Waals surface area contributed by atoms with Crippen LogP contribution in [-0.2, 0) is 6.54 Å². The van der Waals surface area contributed by atoms with E-state index in [9.17, 15) is 0 Å². The number of methoxy groups -OCH3 is 1. The molecule has 0 unspecified atom stereocenters. The summed E-state index contributed by atoms with van der Waals surface area (Å²) in [6, 6.07) is 13.7. The fourth-order valence-electron chi connectivity index (χ4n) is 2.14. The maximum Gasteiger partial charge on any atom is 0.126 e.